The van der Waals surface area contributed by atoms with Crippen LogP contribution in [0.25, 0.3) is 23.1 Å². The highest BCUT2D eigenvalue weighted by atomic mass is 32.2. The van der Waals surface area contributed by atoms with Gasteiger partial charge in [0.15, 0.2) is 11.6 Å². The number of sulfonamides is 1. The Morgan fingerprint density at radius 2 is 1.76 bits per heavy atom. The van der Waals surface area contributed by atoms with Gasteiger partial charge < -0.3 is 4.74 Å². The Bertz CT molecular complexity index is 1810. The lowest BCUT2D eigenvalue weighted by Crippen LogP contribution is -2.40. The van der Waals surface area contributed by atoms with Gasteiger partial charge >= 0.3 is 15.5 Å². The van der Waals surface area contributed by atoms with Gasteiger partial charge in [0.1, 0.15) is 12.4 Å². The van der Waals surface area contributed by atoms with Crippen molar-refractivity contribution in [2.75, 3.05) is 5.75 Å². The van der Waals surface area contributed by atoms with E-state index >= 15 is 0 Å². The van der Waals surface area contributed by atoms with E-state index in [4.69, 9.17) is 4.74 Å². The second-order valence-electron chi connectivity index (χ2n) is 9.29. The number of hydrogen-bond donors (Lipinski definition) is 1. The van der Waals surface area contributed by atoms with Crippen molar-refractivity contribution in [3.05, 3.63) is 106 Å². The summed E-state index contributed by atoms with van der Waals surface area (Å²) in [6.07, 6.45) is 3.02. The second kappa shape index (κ2) is 11.7. The summed E-state index contributed by atoms with van der Waals surface area (Å²) in [7, 11) is -5.78. The van der Waals surface area contributed by atoms with Gasteiger partial charge in [-0.3, -0.25) is 4.79 Å². The van der Waals surface area contributed by atoms with Crippen molar-refractivity contribution in [1.29, 1.82) is 0 Å². The Labute approximate surface area is 241 Å². The van der Waals surface area contributed by atoms with Crippen molar-refractivity contribution in [3.8, 4) is 5.75 Å². The van der Waals surface area contributed by atoms with E-state index in [0.717, 1.165) is 39.1 Å². The lowest BCUT2D eigenvalue weighted by molar-refractivity contribution is -0.119. The largest absolute Gasteiger partial charge is 0.516 e. The molecule has 0 bridgehead atoms. The quantitative estimate of drug-likeness (QED) is 0.230. The first-order valence-electron chi connectivity index (χ1n) is 12.4. The average molecular weight is 621 g/mol. The molecule has 0 radical (unpaired) electrons. The summed E-state index contributed by atoms with van der Waals surface area (Å²) in [6.45, 7) is 0.276. The van der Waals surface area contributed by atoms with Crippen LogP contribution in [0.3, 0.4) is 0 Å². The van der Waals surface area contributed by atoms with Gasteiger partial charge in [-0.15, -0.1) is 11.8 Å². The van der Waals surface area contributed by atoms with E-state index < -0.39 is 39.5 Å². The summed E-state index contributed by atoms with van der Waals surface area (Å²) >= 11 is 1.27. The molecule has 0 saturated heterocycles. The van der Waals surface area contributed by atoms with Crippen LogP contribution in [0.4, 0.5) is 22.0 Å². The zero-order valence-corrected chi connectivity index (χ0v) is 23.1. The monoisotopic (exact) mass is 620 g/mol. The highest BCUT2D eigenvalue weighted by Crippen LogP contribution is 2.44. The van der Waals surface area contributed by atoms with Crippen LogP contribution in [-0.2, 0) is 21.4 Å². The molecule has 1 amide bonds. The van der Waals surface area contributed by atoms with Gasteiger partial charge in [-0.1, -0.05) is 42.5 Å². The van der Waals surface area contributed by atoms with Crippen LogP contribution in [0.15, 0.2) is 66.7 Å². The summed E-state index contributed by atoms with van der Waals surface area (Å²) in [4.78, 5) is 16.4. The lowest BCUT2D eigenvalue weighted by atomic mass is 9.98. The standard InChI is InChI=1S/C29H21F5N2O4S2/c30-23-14-18-7-9-20(35-25(18)15-24(23)31)8-5-17-6-10-26-22(13-17)28(21-4-2-1-3-19(21)16-40-26)41-12-11-27(37)36-42(38,39)29(32,33)34/h1-10,13-15,28H,11-12,16H2,(H,36,37). The Morgan fingerprint density at radius 3 is 2.55 bits per heavy atom. The molecular weight excluding hydrogens is 599 g/mol. The maximum atomic E-state index is 13.7. The van der Waals surface area contributed by atoms with Crippen LogP contribution in [-0.4, -0.2) is 30.6 Å². The summed E-state index contributed by atoms with van der Waals surface area (Å²) in [6, 6.07) is 18.3. The molecule has 0 aliphatic carbocycles. The minimum atomic E-state index is -5.78. The van der Waals surface area contributed by atoms with E-state index in [1.54, 1.807) is 30.4 Å². The van der Waals surface area contributed by atoms with Gasteiger partial charge in [0.2, 0.25) is 5.91 Å². The van der Waals surface area contributed by atoms with Crippen LogP contribution in [0.5, 0.6) is 5.75 Å². The Kier molecular flexibility index (Phi) is 8.24. The van der Waals surface area contributed by atoms with E-state index in [1.807, 2.05) is 36.4 Å². The van der Waals surface area contributed by atoms with E-state index in [1.165, 1.54) is 11.8 Å². The number of ether oxygens (including phenoxy) is 1. The molecule has 1 N–H and O–H groups in total. The molecule has 6 nitrogen and oxygen atoms in total. The summed E-state index contributed by atoms with van der Waals surface area (Å²) < 4.78 is 94.7. The maximum Gasteiger partial charge on any atom is 0.516 e. The molecule has 3 aromatic carbocycles. The van der Waals surface area contributed by atoms with E-state index in [0.29, 0.717) is 22.3 Å². The van der Waals surface area contributed by atoms with Crippen LogP contribution in [0.2, 0.25) is 0 Å². The van der Waals surface area contributed by atoms with Crippen LogP contribution in [0.1, 0.15) is 39.6 Å². The molecule has 4 aromatic rings. The number of nitrogens with zero attached hydrogens (tertiary/aromatic N) is 1. The number of aromatic nitrogens is 1. The third-order valence-electron chi connectivity index (χ3n) is 6.40. The molecular formula is C29H21F5N2O4S2. The first-order valence-corrected chi connectivity index (χ1v) is 15.0. The number of pyridine rings is 1. The molecule has 218 valence electrons. The fraction of sp³-hybridized carbons (Fsp3) is 0.172. The Balaban J connectivity index is 1.39. The maximum absolute atomic E-state index is 13.7. The fourth-order valence-corrected chi connectivity index (χ4v) is 6.20. The van der Waals surface area contributed by atoms with E-state index in [-0.39, 0.29) is 17.6 Å². The van der Waals surface area contributed by atoms with Crippen molar-refractivity contribution < 1.29 is 39.9 Å². The van der Waals surface area contributed by atoms with Gasteiger partial charge in [-0.25, -0.2) is 18.5 Å². The Morgan fingerprint density at radius 1 is 1.00 bits per heavy atom. The molecule has 2 heterocycles. The summed E-state index contributed by atoms with van der Waals surface area (Å²) in [5, 5.41) is 0.0761. The van der Waals surface area contributed by atoms with E-state index in [9.17, 15) is 35.2 Å². The first-order chi connectivity index (χ1) is 19.9. The number of carbonyl (C=O) groups excluding carboxylic acids is 1. The molecule has 1 aliphatic heterocycles. The number of rotatable bonds is 7. The Hall–Kier alpha value is -3.97. The van der Waals surface area contributed by atoms with Crippen molar-refractivity contribution in [3.63, 3.8) is 0 Å². The molecule has 0 saturated carbocycles. The summed E-state index contributed by atoms with van der Waals surface area (Å²) in [5.41, 5.74) is -1.51. The lowest BCUT2D eigenvalue weighted by Gasteiger charge is -2.19. The highest BCUT2D eigenvalue weighted by molar-refractivity contribution is 7.99. The van der Waals surface area contributed by atoms with Crippen molar-refractivity contribution in [2.45, 2.75) is 23.8 Å². The molecule has 42 heavy (non-hydrogen) atoms. The number of amides is 1. The fourth-order valence-electron chi connectivity index (χ4n) is 4.37. The number of hydrogen-bond acceptors (Lipinski definition) is 6. The third-order valence-corrected chi connectivity index (χ3v) is 8.79. The van der Waals surface area contributed by atoms with Crippen molar-refractivity contribution in [1.82, 2.24) is 9.71 Å². The van der Waals surface area contributed by atoms with Gasteiger partial charge in [0, 0.05) is 29.2 Å². The second-order valence-corrected chi connectivity index (χ2v) is 12.2. The van der Waals surface area contributed by atoms with Gasteiger partial charge in [0.05, 0.1) is 16.5 Å². The van der Waals surface area contributed by atoms with Gasteiger partial charge in [-0.05, 0) is 47.0 Å². The number of halogens is 5. The minimum Gasteiger partial charge on any atom is -0.489 e. The van der Waals surface area contributed by atoms with Crippen LogP contribution >= 0.6 is 11.8 Å². The molecule has 5 rings (SSSR count). The smallest absolute Gasteiger partial charge is 0.489 e. The number of alkyl halides is 3. The number of nitrogens with one attached hydrogen (secondary N) is 1. The normalized spacial score (nSPS) is 15.1. The zero-order chi connectivity index (χ0) is 30.1. The number of fused-ring (bicyclic) bond motifs is 3. The number of benzene rings is 3. The SMILES string of the molecule is O=C(CCSC1c2ccccc2COc2ccc(C=Cc3ccc4cc(F)c(F)cc4n3)cc21)NS(=O)(=O)C(F)(F)F. The third kappa shape index (κ3) is 6.41. The topological polar surface area (TPSA) is 85.4 Å². The predicted molar refractivity (Wildman–Crippen MR) is 150 cm³/mol. The van der Waals surface area contributed by atoms with Crippen molar-refractivity contribution in [2.24, 2.45) is 0 Å². The van der Waals surface area contributed by atoms with E-state index in [2.05, 4.69) is 4.98 Å². The molecule has 1 unspecified atom stereocenters. The van der Waals surface area contributed by atoms with Crippen LogP contribution < -0.4 is 9.46 Å². The first kappa shape index (κ1) is 29.5. The molecule has 1 aromatic heterocycles. The predicted octanol–water partition coefficient (Wildman–Crippen LogP) is 6.75. The van der Waals surface area contributed by atoms with Crippen molar-refractivity contribution >= 4 is 50.7 Å². The molecule has 13 heteroatoms. The minimum absolute atomic E-state index is 0.0237. The average Bonchev–Trinajstić information content (AvgIpc) is 3.08. The number of carbonyl (C=O) groups is 1. The zero-order valence-electron chi connectivity index (χ0n) is 21.5. The van der Waals surface area contributed by atoms with Gasteiger partial charge in [0.25, 0.3) is 0 Å². The van der Waals surface area contributed by atoms with Gasteiger partial charge in [-0.2, -0.15) is 21.6 Å². The molecule has 1 atom stereocenters. The molecule has 1 aliphatic rings. The number of thioether (sulfide) groups is 1. The molecule has 0 fully saturated rings. The molecule has 0 spiro atoms. The highest BCUT2D eigenvalue weighted by Gasteiger charge is 2.46. The summed E-state index contributed by atoms with van der Waals surface area (Å²) in [5.74, 6) is -2.62. The van der Waals surface area contributed by atoms with Crippen LogP contribution in [0, 0.1) is 11.6 Å².